The molecule has 0 aromatic heterocycles. The van der Waals surface area contributed by atoms with Crippen molar-refractivity contribution in [3.8, 4) is 0 Å². The normalized spacial score (nSPS) is 18.3. The van der Waals surface area contributed by atoms with Gasteiger partial charge in [-0.25, -0.2) is 0 Å². The smallest absolute Gasteiger partial charge is 0.231 e. The summed E-state index contributed by atoms with van der Waals surface area (Å²) in [5, 5.41) is 13.9. The third-order valence-electron chi connectivity index (χ3n) is 4.08. The number of carbonyl (C=O) groups is 1. The third kappa shape index (κ3) is 2.23. The minimum atomic E-state index is -0.800. The number of nitrogens with one attached hydrogen (secondary N) is 1. The van der Waals surface area contributed by atoms with Gasteiger partial charge >= 0.3 is 0 Å². The SMILES string of the molecule is Cc1c(Cl)c(C(O)c2ccccc2)cc2c1NC(=O)C2C. The minimum Gasteiger partial charge on any atom is -0.384 e. The molecule has 2 unspecified atom stereocenters. The fourth-order valence-electron chi connectivity index (χ4n) is 2.74. The average molecular weight is 302 g/mol. The summed E-state index contributed by atoms with van der Waals surface area (Å²) >= 11 is 6.41. The van der Waals surface area contributed by atoms with Crippen LogP contribution in [0, 0.1) is 6.92 Å². The highest BCUT2D eigenvalue weighted by atomic mass is 35.5. The molecule has 1 aliphatic rings. The van der Waals surface area contributed by atoms with Crippen molar-refractivity contribution in [2.75, 3.05) is 5.32 Å². The molecule has 1 amide bonds. The van der Waals surface area contributed by atoms with Crippen LogP contribution in [0.25, 0.3) is 0 Å². The second kappa shape index (κ2) is 5.17. The number of aliphatic hydroxyl groups excluding tert-OH is 1. The predicted molar refractivity (Wildman–Crippen MR) is 83.7 cm³/mol. The van der Waals surface area contributed by atoms with Crippen LogP contribution in [0.5, 0.6) is 0 Å². The van der Waals surface area contributed by atoms with Crippen LogP contribution >= 0.6 is 11.6 Å². The Morgan fingerprint density at radius 1 is 1.29 bits per heavy atom. The molecule has 0 aliphatic carbocycles. The quantitative estimate of drug-likeness (QED) is 0.886. The van der Waals surface area contributed by atoms with E-state index < -0.39 is 6.10 Å². The Morgan fingerprint density at radius 3 is 2.62 bits per heavy atom. The zero-order valence-corrected chi connectivity index (χ0v) is 12.6. The molecule has 0 radical (unpaired) electrons. The average Bonchev–Trinajstić information content (AvgIpc) is 2.79. The van der Waals surface area contributed by atoms with E-state index in [0.717, 1.165) is 22.4 Å². The monoisotopic (exact) mass is 301 g/mol. The molecule has 21 heavy (non-hydrogen) atoms. The molecule has 0 bridgehead atoms. The third-order valence-corrected chi connectivity index (χ3v) is 4.58. The van der Waals surface area contributed by atoms with Gasteiger partial charge in [-0.2, -0.15) is 0 Å². The van der Waals surface area contributed by atoms with Crippen molar-refractivity contribution in [3.05, 3.63) is 63.7 Å². The number of fused-ring (bicyclic) bond motifs is 1. The number of halogens is 1. The fourth-order valence-corrected chi connectivity index (χ4v) is 2.99. The molecule has 2 N–H and O–H groups in total. The first-order valence-electron chi connectivity index (χ1n) is 6.87. The van der Waals surface area contributed by atoms with E-state index >= 15 is 0 Å². The van der Waals surface area contributed by atoms with Gasteiger partial charge in [0.2, 0.25) is 5.91 Å². The molecule has 4 heteroatoms. The van der Waals surface area contributed by atoms with Crippen LogP contribution in [0.4, 0.5) is 5.69 Å². The van der Waals surface area contributed by atoms with Crippen LogP contribution in [0.1, 0.15) is 41.2 Å². The van der Waals surface area contributed by atoms with E-state index in [1.807, 2.05) is 50.2 Å². The van der Waals surface area contributed by atoms with Crippen LogP contribution in [-0.2, 0) is 4.79 Å². The molecule has 3 rings (SSSR count). The molecule has 0 spiro atoms. The van der Waals surface area contributed by atoms with Crippen molar-refractivity contribution >= 4 is 23.2 Å². The van der Waals surface area contributed by atoms with E-state index in [1.165, 1.54) is 0 Å². The van der Waals surface area contributed by atoms with Gasteiger partial charge in [-0.05, 0) is 36.6 Å². The Balaban J connectivity index is 2.13. The largest absolute Gasteiger partial charge is 0.384 e. The molecule has 2 aromatic carbocycles. The first kappa shape index (κ1) is 14.1. The lowest BCUT2D eigenvalue weighted by Crippen LogP contribution is -2.08. The Kier molecular flexibility index (Phi) is 3.47. The Morgan fingerprint density at radius 2 is 1.95 bits per heavy atom. The van der Waals surface area contributed by atoms with E-state index in [0.29, 0.717) is 10.6 Å². The van der Waals surface area contributed by atoms with Crippen LogP contribution in [0.15, 0.2) is 36.4 Å². The molecular weight excluding hydrogens is 286 g/mol. The lowest BCUT2D eigenvalue weighted by Gasteiger charge is -2.17. The first-order valence-corrected chi connectivity index (χ1v) is 7.25. The lowest BCUT2D eigenvalue weighted by atomic mass is 9.93. The minimum absolute atomic E-state index is 0.0319. The van der Waals surface area contributed by atoms with E-state index in [4.69, 9.17) is 11.6 Å². The number of amides is 1. The van der Waals surface area contributed by atoms with E-state index in [-0.39, 0.29) is 11.8 Å². The van der Waals surface area contributed by atoms with Gasteiger partial charge in [0.25, 0.3) is 0 Å². The highest BCUT2D eigenvalue weighted by Gasteiger charge is 2.31. The number of benzene rings is 2. The van der Waals surface area contributed by atoms with Crippen molar-refractivity contribution in [3.63, 3.8) is 0 Å². The molecule has 3 nitrogen and oxygen atoms in total. The number of hydrogen-bond acceptors (Lipinski definition) is 2. The van der Waals surface area contributed by atoms with Crippen LogP contribution in [0.2, 0.25) is 5.02 Å². The van der Waals surface area contributed by atoms with Crippen LogP contribution in [-0.4, -0.2) is 11.0 Å². The Bertz CT molecular complexity index is 712. The van der Waals surface area contributed by atoms with Gasteiger partial charge in [0.15, 0.2) is 0 Å². The predicted octanol–water partition coefficient (Wildman–Crippen LogP) is 3.79. The van der Waals surface area contributed by atoms with Gasteiger partial charge in [0.05, 0.1) is 10.9 Å². The molecule has 2 atom stereocenters. The van der Waals surface area contributed by atoms with E-state index in [9.17, 15) is 9.90 Å². The van der Waals surface area contributed by atoms with Crippen molar-refractivity contribution in [2.45, 2.75) is 25.9 Å². The molecule has 1 heterocycles. The standard InChI is InChI=1S/C17H16ClNO2/c1-9-12-8-13(16(20)11-6-4-3-5-7-11)14(18)10(2)15(12)19-17(9)21/h3-9,16,20H,1-2H3,(H,19,21). The van der Waals surface area contributed by atoms with Crippen molar-refractivity contribution in [2.24, 2.45) is 0 Å². The highest BCUT2D eigenvalue weighted by molar-refractivity contribution is 6.33. The summed E-state index contributed by atoms with van der Waals surface area (Å²) in [4.78, 5) is 11.8. The zero-order valence-electron chi connectivity index (χ0n) is 11.9. The summed E-state index contributed by atoms with van der Waals surface area (Å²) in [5.74, 6) is -0.256. The maximum Gasteiger partial charge on any atom is 0.231 e. The molecule has 0 saturated heterocycles. The van der Waals surface area contributed by atoms with Gasteiger partial charge in [-0.15, -0.1) is 0 Å². The number of aliphatic hydroxyl groups is 1. The first-order chi connectivity index (χ1) is 10.0. The maximum atomic E-state index is 11.8. The summed E-state index contributed by atoms with van der Waals surface area (Å²) in [6, 6.07) is 11.2. The van der Waals surface area contributed by atoms with Crippen LogP contribution < -0.4 is 5.32 Å². The summed E-state index contributed by atoms with van der Waals surface area (Å²) < 4.78 is 0. The zero-order chi connectivity index (χ0) is 15.1. The van der Waals surface area contributed by atoms with Crippen molar-refractivity contribution in [1.82, 2.24) is 0 Å². The molecule has 108 valence electrons. The lowest BCUT2D eigenvalue weighted by molar-refractivity contribution is -0.116. The summed E-state index contributed by atoms with van der Waals surface area (Å²) in [6.07, 6.45) is -0.800. The second-order valence-corrected chi connectivity index (χ2v) is 5.77. The Hall–Kier alpha value is -1.84. The number of anilines is 1. The number of hydrogen-bond donors (Lipinski definition) is 2. The second-order valence-electron chi connectivity index (χ2n) is 5.39. The number of rotatable bonds is 2. The molecule has 1 aliphatic heterocycles. The van der Waals surface area contributed by atoms with Gasteiger partial charge in [-0.1, -0.05) is 41.9 Å². The van der Waals surface area contributed by atoms with Gasteiger partial charge in [0, 0.05) is 11.3 Å². The molecular formula is C17H16ClNO2. The van der Waals surface area contributed by atoms with Crippen molar-refractivity contribution in [1.29, 1.82) is 0 Å². The summed E-state index contributed by atoms with van der Waals surface area (Å²) in [7, 11) is 0. The van der Waals surface area contributed by atoms with Gasteiger partial charge in [-0.3, -0.25) is 4.79 Å². The fraction of sp³-hybridized carbons (Fsp3) is 0.235. The van der Waals surface area contributed by atoms with E-state index in [1.54, 1.807) is 0 Å². The highest BCUT2D eigenvalue weighted by Crippen LogP contribution is 2.42. The number of carbonyl (C=O) groups excluding carboxylic acids is 1. The van der Waals surface area contributed by atoms with Gasteiger partial charge < -0.3 is 10.4 Å². The van der Waals surface area contributed by atoms with Crippen molar-refractivity contribution < 1.29 is 9.90 Å². The van der Waals surface area contributed by atoms with Gasteiger partial charge in [0.1, 0.15) is 6.10 Å². The maximum absolute atomic E-state index is 11.8. The topological polar surface area (TPSA) is 49.3 Å². The summed E-state index contributed by atoms with van der Waals surface area (Å²) in [6.45, 7) is 3.72. The van der Waals surface area contributed by atoms with Crippen LogP contribution in [0.3, 0.4) is 0 Å². The molecule has 2 aromatic rings. The molecule has 0 saturated carbocycles. The summed E-state index contributed by atoms with van der Waals surface area (Å²) in [5.41, 5.74) is 3.90. The van der Waals surface area contributed by atoms with E-state index in [2.05, 4.69) is 5.32 Å². The Labute approximate surface area is 128 Å². The molecule has 0 fully saturated rings.